The molecule has 0 unspecified atom stereocenters. The van der Waals surface area contributed by atoms with Crippen molar-refractivity contribution in [2.45, 2.75) is 6.18 Å². The fraction of sp³-hybridized carbons (Fsp3) is 0.250. The first-order valence-corrected chi connectivity index (χ1v) is 5.67. The third-order valence-corrected chi connectivity index (χ3v) is 1.94. The van der Waals surface area contributed by atoms with Crippen LogP contribution in [0.1, 0.15) is 5.56 Å². The highest BCUT2D eigenvalue weighted by Crippen LogP contribution is 2.32. The maximum Gasteiger partial charge on any atom is 0.416 e. The lowest BCUT2D eigenvalue weighted by Gasteiger charge is -2.09. The molecular formula is C8H6F4O3S. The van der Waals surface area contributed by atoms with Crippen molar-refractivity contribution >= 4 is 10.1 Å². The summed E-state index contributed by atoms with van der Waals surface area (Å²) in [5, 5.41) is 0. The maximum atomic E-state index is 12.8. The summed E-state index contributed by atoms with van der Waals surface area (Å²) in [6.45, 7) is 0. The van der Waals surface area contributed by atoms with E-state index in [9.17, 15) is 26.0 Å². The van der Waals surface area contributed by atoms with E-state index < -0.39 is 33.4 Å². The predicted molar refractivity (Wildman–Crippen MR) is 46.9 cm³/mol. The molecule has 0 saturated heterocycles. The second-order valence-electron chi connectivity index (χ2n) is 2.96. The van der Waals surface area contributed by atoms with Crippen molar-refractivity contribution in [1.29, 1.82) is 0 Å². The molecule has 1 rings (SSSR count). The molecule has 1 aromatic rings. The van der Waals surface area contributed by atoms with Crippen molar-refractivity contribution < 1.29 is 30.2 Å². The molecule has 1 aromatic carbocycles. The van der Waals surface area contributed by atoms with Crippen molar-refractivity contribution in [3.05, 3.63) is 29.6 Å². The molecule has 0 amide bonds. The molecule has 0 aromatic heterocycles. The highest BCUT2D eigenvalue weighted by molar-refractivity contribution is 7.86. The van der Waals surface area contributed by atoms with Gasteiger partial charge < -0.3 is 4.18 Å². The van der Waals surface area contributed by atoms with Gasteiger partial charge in [-0.15, -0.1) is 0 Å². The van der Waals surface area contributed by atoms with Crippen LogP contribution in [0.3, 0.4) is 0 Å². The summed E-state index contributed by atoms with van der Waals surface area (Å²) in [4.78, 5) is 0. The standard InChI is InChI=1S/C8H6F4O3S/c1-16(13,14)15-7-3-5(8(10,11)12)2-6(9)4-7/h2-4H,1H3. The van der Waals surface area contributed by atoms with Crippen LogP contribution < -0.4 is 4.18 Å². The van der Waals surface area contributed by atoms with Gasteiger partial charge in [-0.25, -0.2) is 4.39 Å². The lowest BCUT2D eigenvalue weighted by molar-refractivity contribution is -0.137. The van der Waals surface area contributed by atoms with Crippen LogP contribution in [0.2, 0.25) is 0 Å². The van der Waals surface area contributed by atoms with Crippen LogP contribution in [-0.2, 0) is 16.3 Å². The number of benzene rings is 1. The molecule has 0 aliphatic carbocycles. The van der Waals surface area contributed by atoms with Crippen LogP contribution in [0.15, 0.2) is 18.2 Å². The van der Waals surface area contributed by atoms with Gasteiger partial charge in [0, 0.05) is 6.07 Å². The minimum Gasteiger partial charge on any atom is -0.382 e. The molecule has 0 saturated carbocycles. The minimum atomic E-state index is -4.77. The lowest BCUT2D eigenvalue weighted by Crippen LogP contribution is -2.09. The summed E-state index contributed by atoms with van der Waals surface area (Å²) in [5.41, 5.74) is -1.31. The van der Waals surface area contributed by atoms with Crippen LogP contribution >= 0.6 is 0 Å². The van der Waals surface area contributed by atoms with Gasteiger partial charge in [0.1, 0.15) is 11.6 Å². The van der Waals surface area contributed by atoms with Crippen LogP contribution in [0.4, 0.5) is 17.6 Å². The Hall–Kier alpha value is -1.31. The van der Waals surface area contributed by atoms with E-state index in [4.69, 9.17) is 0 Å². The Labute approximate surface area is 88.8 Å². The van der Waals surface area contributed by atoms with Gasteiger partial charge in [-0.2, -0.15) is 21.6 Å². The van der Waals surface area contributed by atoms with E-state index in [1.165, 1.54) is 0 Å². The zero-order valence-electron chi connectivity index (χ0n) is 7.88. The molecule has 0 bridgehead atoms. The molecule has 0 radical (unpaired) electrons. The first kappa shape index (κ1) is 12.8. The molecule has 90 valence electrons. The Balaban J connectivity index is 3.19. The minimum absolute atomic E-state index is 0.245. The summed E-state index contributed by atoms with van der Waals surface area (Å²) < 4.78 is 74.8. The molecule has 0 aliphatic rings. The molecule has 3 nitrogen and oxygen atoms in total. The molecule has 16 heavy (non-hydrogen) atoms. The molecule has 0 aliphatic heterocycles. The van der Waals surface area contributed by atoms with E-state index in [-0.39, 0.29) is 6.07 Å². The zero-order valence-corrected chi connectivity index (χ0v) is 8.69. The maximum absolute atomic E-state index is 12.8. The van der Waals surface area contributed by atoms with E-state index in [0.717, 1.165) is 0 Å². The topological polar surface area (TPSA) is 43.4 Å². The smallest absolute Gasteiger partial charge is 0.382 e. The second-order valence-corrected chi connectivity index (χ2v) is 4.54. The summed E-state index contributed by atoms with van der Waals surface area (Å²) in [6.07, 6.45) is -4.12. The molecule has 0 atom stereocenters. The Morgan fingerprint density at radius 2 is 1.75 bits per heavy atom. The van der Waals surface area contributed by atoms with Gasteiger partial charge in [0.05, 0.1) is 11.8 Å². The van der Waals surface area contributed by atoms with E-state index in [2.05, 4.69) is 4.18 Å². The molecule has 0 spiro atoms. The molecule has 8 heteroatoms. The number of hydrogen-bond donors (Lipinski definition) is 0. The van der Waals surface area contributed by atoms with Crippen LogP contribution in [0.25, 0.3) is 0 Å². The van der Waals surface area contributed by atoms with Crippen molar-refractivity contribution in [2.24, 2.45) is 0 Å². The van der Waals surface area contributed by atoms with Gasteiger partial charge in [-0.05, 0) is 12.1 Å². The molecular weight excluding hydrogens is 252 g/mol. The van der Waals surface area contributed by atoms with Crippen molar-refractivity contribution in [2.75, 3.05) is 6.26 Å². The average molecular weight is 258 g/mol. The largest absolute Gasteiger partial charge is 0.416 e. The second kappa shape index (κ2) is 3.93. The normalized spacial score (nSPS) is 12.6. The number of halogens is 4. The Bertz CT molecular complexity index is 492. The highest BCUT2D eigenvalue weighted by Gasteiger charge is 2.31. The molecule has 0 N–H and O–H groups in total. The summed E-state index contributed by atoms with van der Waals surface area (Å²) in [5.74, 6) is -1.94. The van der Waals surface area contributed by atoms with Crippen LogP contribution in [-0.4, -0.2) is 14.7 Å². The SMILES string of the molecule is CS(=O)(=O)Oc1cc(F)cc(C(F)(F)F)c1. The first-order chi connectivity index (χ1) is 7.08. The van der Waals surface area contributed by atoms with Crippen LogP contribution in [0, 0.1) is 5.82 Å². The number of alkyl halides is 3. The van der Waals surface area contributed by atoms with E-state index in [1.807, 2.05) is 0 Å². The van der Waals surface area contributed by atoms with Crippen molar-refractivity contribution in [3.63, 3.8) is 0 Å². The third kappa shape index (κ3) is 3.69. The van der Waals surface area contributed by atoms with Gasteiger partial charge in [-0.3, -0.25) is 0 Å². The monoisotopic (exact) mass is 258 g/mol. The predicted octanol–water partition coefficient (Wildman–Crippen LogP) is 2.18. The average Bonchev–Trinajstić information content (AvgIpc) is 1.97. The van der Waals surface area contributed by atoms with Crippen molar-refractivity contribution in [3.8, 4) is 5.75 Å². The summed E-state index contributed by atoms with van der Waals surface area (Å²) in [6, 6.07) is 1.20. The number of hydrogen-bond acceptors (Lipinski definition) is 3. The molecule has 0 fully saturated rings. The third-order valence-electron chi connectivity index (χ3n) is 1.45. The lowest BCUT2D eigenvalue weighted by atomic mass is 10.2. The van der Waals surface area contributed by atoms with Gasteiger partial charge >= 0.3 is 16.3 Å². The van der Waals surface area contributed by atoms with Gasteiger partial charge in [0.2, 0.25) is 0 Å². The number of rotatable bonds is 2. The Morgan fingerprint density at radius 1 is 1.19 bits per heavy atom. The fourth-order valence-corrected chi connectivity index (χ4v) is 1.40. The van der Waals surface area contributed by atoms with Gasteiger partial charge in [-0.1, -0.05) is 0 Å². The zero-order chi connectivity index (χ0) is 12.6. The Morgan fingerprint density at radius 3 is 2.19 bits per heavy atom. The quantitative estimate of drug-likeness (QED) is 0.603. The highest BCUT2D eigenvalue weighted by atomic mass is 32.2. The van der Waals surface area contributed by atoms with Gasteiger partial charge in [0.25, 0.3) is 0 Å². The fourth-order valence-electron chi connectivity index (χ4n) is 0.949. The van der Waals surface area contributed by atoms with Crippen molar-refractivity contribution in [1.82, 2.24) is 0 Å². The van der Waals surface area contributed by atoms with E-state index in [0.29, 0.717) is 18.4 Å². The summed E-state index contributed by atoms with van der Waals surface area (Å²) in [7, 11) is -3.99. The van der Waals surface area contributed by atoms with E-state index >= 15 is 0 Å². The molecule has 0 heterocycles. The summed E-state index contributed by atoms with van der Waals surface area (Å²) >= 11 is 0. The first-order valence-electron chi connectivity index (χ1n) is 3.85. The Kier molecular flexibility index (Phi) is 3.13. The van der Waals surface area contributed by atoms with E-state index in [1.54, 1.807) is 0 Å². The van der Waals surface area contributed by atoms with Crippen LogP contribution in [0.5, 0.6) is 5.75 Å². The van der Waals surface area contributed by atoms with Gasteiger partial charge in [0.15, 0.2) is 0 Å².